The summed E-state index contributed by atoms with van der Waals surface area (Å²) in [7, 11) is 3.26. The van der Waals surface area contributed by atoms with Crippen LogP contribution in [0.3, 0.4) is 0 Å². The fraction of sp³-hybridized carbons (Fsp3) is 0.314. The fourth-order valence-corrected chi connectivity index (χ4v) is 10.7. The summed E-state index contributed by atoms with van der Waals surface area (Å²) in [5.41, 5.74) is 8.20. The zero-order valence-corrected chi connectivity index (χ0v) is 38.7. The smallest absolute Gasteiger partial charge is 0.438 e. The summed E-state index contributed by atoms with van der Waals surface area (Å²) in [5.74, 6) is 0.0394. The highest BCUT2D eigenvalue weighted by Gasteiger charge is 2.59. The third kappa shape index (κ3) is 6.53. The Bertz CT molecular complexity index is 3490. The van der Waals surface area contributed by atoms with Crippen LogP contribution in [0.4, 0.5) is 4.39 Å². The first-order valence-electron chi connectivity index (χ1n) is 22.7. The topological polar surface area (TPSA) is 173 Å². The minimum absolute atomic E-state index is 0.0134. The van der Waals surface area contributed by atoms with Crippen molar-refractivity contribution < 1.29 is 23.2 Å². The van der Waals surface area contributed by atoms with Gasteiger partial charge in [0.1, 0.15) is 22.9 Å². The summed E-state index contributed by atoms with van der Waals surface area (Å²) in [6, 6.07) is 18.6. The summed E-state index contributed by atoms with van der Waals surface area (Å²) in [6.07, 6.45) is 8.70. The van der Waals surface area contributed by atoms with Gasteiger partial charge < -0.3 is 18.9 Å². The van der Waals surface area contributed by atoms with Gasteiger partial charge in [-0.1, -0.05) is 24.2 Å². The molecule has 1 N–H and O–H groups in total. The zero-order valence-electron chi connectivity index (χ0n) is 38.7. The molecule has 1 saturated carbocycles. The van der Waals surface area contributed by atoms with E-state index in [0.29, 0.717) is 83.0 Å². The molecule has 7 heterocycles. The minimum atomic E-state index is -0.876. The number of halogens is 1. The maximum atomic E-state index is 15.6. The van der Waals surface area contributed by atoms with E-state index >= 15 is 9.18 Å². The van der Waals surface area contributed by atoms with Crippen LogP contribution >= 0.6 is 0 Å². The molecule has 8 aromatic rings. The van der Waals surface area contributed by atoms with E-state index in [0.717, 1.165) is 45.1 Å². The van der Waals surface area contributed by atoms with Crippen LogP contribution in [0, 0.1) is 32.5 Å². The average molecular weight is 917 g/mol. The Morgan fingerprint density at radius 3 is 2.47 bits per heavy atom. The van der Waals surface area contributed by atoms with Gasteiger partial charge in [-0.15, -0.1) is 0 Å². The van der Waals surface area contributed by atoms with Crippen molar-refractivity contribution in [3.8, 4) is 34.2 Å². The maximum Gasteiger partial charge on any atom is 0.438 e. The Morgan fingerprint density at radius 1 is 0.971 bits per heavy atom. The van der Waals surface area contributed by atoms with Crippen LogP contribution in [0.2, 0.25) is 0 Å². The molecule has 4 atom stereocenters. The lowest BCUT2D eigenvalue weighted by Crippen LogP contribution is -2.41. The second-order valence-corrected chi connectivity index (χ2v) is 18.2. The van der Waals surface area contributed by atoms with Crippen molar-refractivity contribution in [1.29, 1.82) is 0 Å². The number of aromatic nitrogens is 8. The van der Waals surface area contributed by atoms with E-state index in [2.05, 4.69) is 22.0 Å². The minimum Gasteiger partial charge on any atom is -0.481 e. The second-order valence-electron chi connectivity index (χ2n) is 18.2. The number of nitrogens with zero attached hydrogens (tertiary/aromatic N) is 9. The van der Waals surface area contributed by atoms with Gasteiger partial charge in [-0.3, -0.25) is 28.4 Å². The number of imidazole rings is 1. The predicted molar refractivity (Wildman–Crippen MR) is 252 cm³/mol. The van der Waals surface area contributed by atoms with E-state index in [1.54, 1.807) is 72.6 Å². The van der Waals surface area contributed by atoms with Gasteiger partial charge in [-0.25, -0.2) is 23.6 Å². The average Bonchev–Trinajstić information content (AvgIpc) is 3.98. The number of methoxy groups -OCH3 is 2. The van der Waals surface area contributed by atoms with Gasteiger partial charge in [0, 0.05) is 73.5 Å². The first kappa shape index (κ1) is 42.9. The van der Waals surface area contributed by atoms with E-state index < -0.39 is 17.3 Å². The molecule has 1 amide bonds. The van der Waals surface area contributed by atoms with E-state index in [1.165, 1.54) is 0 Å². The number of pyridine rings is 1. The Morgan fingerprint density at radius 2 is 1.75 bits per heavy atom. The van der Waals surface area contributed by atoms with Crippen molar-refractivity contribution in [2.75, 3.05) is 27.4 Å². The third-order valence-electron chi connectivity index (χ3n) is 14.3. The highest BCUT2D eigenvalue weighted by molar-refractivity contribution is 6.01. The number of aliphatic imine (C=N–C) groups is 1. The van der Waals surface area contributed by atoms with Gasteiger partial charge in [0.15, 0.2) is 5.82 Å². The molecule has 346 valence electrons. The standard InChI is InChI=1S/C51H49FN10O6/c1-27-20-36(21-28(2)44(27)52)62-46(60-18-17-59(50(60)65)35-9-10-38-34(23-35)26-54-39(38)14-19-66-6)43-31(5)58(16-13-40(43)56-62)47(63)42-24-33-22-32(37-12-15-53-45(67-7)30(37)4)8-11-41(33)61(42)51(25-29(51)3)48-55-49(64)68-57-48/h8-12,15,17-18,20-24,26,29,31,39H,13-14,16,19,25H2,1-7H3,(H,55,57,64)/t29-,31-,39?,51-/m0/s1. The van der Waals surface area contributed by atoms with Gasteiger partial charge in [0.2, 0.25) is 5.88 Å². The van der Waals surface area contributed by atoms with E-state index in [4.69, 9.17) is 24.1 Å². The number of aryl methyl sites for hydroxylation is 2. The van der Waals surface area contributed by atoms with Gasteiger partial charge in [0.05, 0.1) is 36.3 Å². The van der Waals surface area contributed by atoms with E-state index in [-0.39, 0.29) is 29.4 Å². The normalized spacial score (nSPS) is 19.5. The lowest BCUT2D eigenvalue weighted by atomic mass is 9.98. The molecule has 68 heavy (non-hydrogen) atoms. The SMILES string of the molecule is COCCC1N=Cc2cc(-n3ccn(-c4c5c(nn4-c4cc(C)c(F)c(C)c4)CCN(C(=O)c4cc6cc(-c7ccnc(OC)c7C)ccc6n4[C@@]4(c6noc(=O)[nH]6)C[C@@H]4C)[C@H]5C)c3=O)ccc21. The molecule has 0 radical (unpaired) electrons. The number of hydrogen-bond donors (Lipinski definition) is 1. The van der Waals surface area contributed by atoms with E-state index in [9.17, 15) is 9.59 Å². The van der Waals surface area contributed by atoms with Crippen molar-refractivity contribution in [3.63, 3.8) is 0 Å². The summed E-state index contributed by atoms with van der Waals surface area (Å²) in [4.78, 5) is 56.6. The molecule has 1 unspecified atom stereocenters. The van der Waals surface area contributed by atoms with Crippen LogP contribution in [0.15, 0.2) is 98.4 Å². The molecule has 2 aliphatic heterocycles. The van der Waals surface area contributed by atoms with Crippen LogP contribution in [0.1, 0.15) is 94.2 Å². The number of aromatic amines is 1. The molecule has 11 rings (SSSR count). The molecule has 16 nitrogen and oxygen atoms in total. The van der Waals surface area contributed by atoms with Crippen LogP contribution < -0.4 is 16.2 Å². The molecule has 0 saturated heterocycles. The van der Waals surface area contributed by atoms with Crippen LogP contribution in [-0.2, 0) is 16.7 Å². The van der Waals surface area contributed by atoms with Gasteiger partial charge in [0.25, 0.3) is 5.91 Å². The Hall–Kier alpha value is -7.66. The van der Waals surface area contributed by atoms with E-state index in [1.807, 2.05) is 78.1 Å². The lowest BCUT2D eigenvalue weighted by Gasteiger charge is -2.34. The predicted octanol–water partition coefficient (Wildman–Crippen LogP) is 7.63. The number of fused-ring (bicyclic) bond motifs is 3. The number of carbonyl (C=O) groups is 1. The quantitative estimate of drug-likeness (QED) is 0.137. The summed E-state index contributed by atoms with van der Waals surface area (Å²) in [5, 5.41) is 10.1. The number of rotatable bonds is 11. The van der Waals surface area contributed by atoms with Crippen molar-refractivity contribution in [3.05, 3.63) is 157 Å². The van der Waals surface area contributed by atoms with Gasteiger partial charge in [-0.2, -0.15) is 5.10 Å². The van der Waals surface area contributed by atoms with Crippen molar-refractivity contribution in [2.45, 2.75) is 71.5 Å². The third-order valence-corrected chi connectivity index (χ3v) is 14.3. The molecular formula is C51H49FN10O6. The Labute approximate surface area is 389 Å². The molecule has 0 bridgehead atoms. The van der Waals surface area contributed by atoms with Crippen LogP contribution in [0.5, 0.6) is 5.88 Å². The molecule has 1 aliphatic carbocycles. The van der Waals surface area contributed by atoms with Gasteiger partial charge >= 0.3 is 11.4 Å². The number of carbonyl (C=O) groups excluding carboxylic acids is 1. The number of benzene rings is 3. The number of H-pyrrole nitrogens is 1. The summed E-state index contributed by atoms with van der Waals surface area (Å²) in [6.45, 7) is 10.3. The summed E-state index contributed by atoms with van der Waals surface area (Å²) < 4.78 is 37.9. The molecule has 5 aromatic heterocycles. The molecule has 3 aliphatic rings. The maximum absolute atomic E-state index is 15.6. The number of nitrogens with one attached hydrogen (secondary N) is 1. The number of hydrogen-bond acceptors (Lipinski definition) is 10. The highest BCUT2D eigenvalue weighted by Crippen LogP contribution is 2.56. The fourth-order valence-electron chi connectivity index (χ4n) is 10.7. The number of amides is 1. The van der Waals surface area contributed by atoms with Crippen LogP contribution in [-0.4, -0.2) is 83.0 Å². The number of ether oxygens (including phenoxy) is 2. The van der Waals surface area contributed by atoms with Gasteiger partial charge in [-0.05, 0) is 128 Å². The van der Waals surface area contributed by atoms with Crippen LogP contribution in [0.25, 0.3) is 39.2 Å². The lowest BCUT2D eigenvalue weighted by molar-refractivity contribution is 0.0663. The van der Waals surface area contributed by atoms with Crippen molar-refractivity contribution in [2.24, 2.45) is 10.9 Å². The highest BCUT2D eigenvalue weighted by atomic mass is 19.1. The second kappa shape index (κ2) is 16.0. The first-order chi connectivity index (χ1) is 32.8. The molecule has 17 heteroatoms. The first-order valence-corrected chi connectivity index (χ1v) is 22.7. The monoisotopic (exact) mass is 916 g/mol. The summed E-state index contributed by atoms with van der Waals surface area (Å²) >= 11 is 0. The Balaban J connectivity index is 1.04. The van der Waals surface area contributed by atoms with Crippen molar-refractivity contribution >= 4 is 23.0 Å². The molecule has 0 spiro atoms. The molecular weight excluding hydrogens is 868 g/mol. The zero-order chi connectivity index (χ0) is 47.3. The Kier molecular flexibility index (Phi) is 10.1. The van der Waals surface area contributed by atoms with Crippen molar-refractivity contribution in [1.82, 2.24) is 43.5 Å². The molecule has 3 aromatic carbocycles. The molecule has 1 fully saturated rings. The largest absolute Gasteiger partial charge is 0.481 e.